The van der Waals surface area contributed by atoms with Gasteiger partial charge in [0, 0.05) is 43.9 Å². The average molecular weight is 525 g/mol. The third kappa shape index (κ3) is 4.93. The van der Waals surface area contributed by atoms with Gasteiger partial charge in [-0.25, -0.2) is 0 Å². The molecule has 0 saturated carbocycles. The van der Waals surface area contributed by atoms with Gasteiger partial charge >= 0.3 is 0 Å². The second-order valence-electron chi connectivity index (χ2n) is 10.7. The molecular formula is C28H36N4O6. The monoisotopic (exact) mass is 524 g/mol. The SMILES string of the molecule is O=C(CO)[C@@H]1CCCN1C(=O)[C@@H]1CCCN1C(=O)c1cccc(C(=O)N2CCCC2C(=O)N2CCCC2)c1. The topological polar surface area (TPSA) is 119 Å². The van der Waals surface area contributed by atoms with Crippen molar-refractivity contribution in [2.45, 2.75) is 69.5 Å². The lowest BCUT2D eigenvalue weighted by Crippen LogP contribution is -2.51. The molecule has 4 aliphatic heterocycles. The second-order valence-corrected chi connectivity index (χ2v) is 10.7. The Bertz CT molecular complexity index is 1120. The van der Waals surface area contributed by atoms with Crippen molar-refractivity contribution >= 4 is 29.4 Å². The molecule has 4 saturated heterocycles. The van der Waals surface area contributed by atoms with Crippen LogP contribution in [0.5, 0.6) is 0 Å². The number of amides is 4. The van der Waals surface area contributed by atoms with Crippen molar-refractivity contribution in [2.75, 3.05) is 39.3 Å². The molecule has 0 spiro atoms. The number of aliphatic hydroxyl groups is 1. The van der Waals surface area contributed by atoms with Crippen LogP contribution in [-0.4, -0.2) is 112 Å². The molecule has 204 valence electrons. The number of benzene rings is 1. The van der Waals surface area contributed by atoms with E-state index >= 15 is 0 Å². The van der Waals surface area contributed by atoms with Gasteiger partial charge in [-0.3, -0.25) is 24.0 Å². The predicted octanol–water partition coefficient (Wildman–Crippen LogP) is 1.07. The lowest BCUT2D eigenvalue weighted by Gasteiger charge is -2.31. The summed E-state index contributed by atoms with van der Waals surface area (Å²) in [4.78, 5) is 72.1. The molecule has 4 aliphatic rings. The lowest BCUT2D eigenvalue weighted by molar-refractivity contribution is -0.141. The van der Waals surface area contributed by atoms with Gasteiger partial charge in [0.05, 0.1) is 6.04 Å². The fraction of sp³-hybridized carbons (Fsp3) is 0.607. The van der Waals surface area contributed by atoms with Crippen LogP contribution in [0.1, 0.15) is 72.1 Å². The van der Waals surface area contributed by atoms with E-state index < -0.39 is 24.7 Å². The summed E-state index contributed by atoms with van der Waals surface area (Å²) in [6.45, 7) is 2.23. The molecule has 10 heteroatoms. The van der Waals surface area contributed by atoms with Crippen molar-refractivity contribution in [3.8, 4) is 0 Å². The molecule has 1 N–H and O–H groups in total. The van der Waals surface area contributed by atoms with E-state index in [4.69, 9.17) is 0 Å². The molecule has 1 unspecified atom stereocenters. The number of rotatable bonds is 6. The molecule has 1 aromatic carbocycles. The highest BCUT2D eigenvalue weighted by atomic mass is 16.3. The number of aliphatic hydroxyl groups excluding tert-OH is 1. The van der Waals surface area contributed by atoms with E-state index in [1.165, 1.54) is 4.90 Å². The fourth-order valence-corrected chi connectivity index (χ4v) is 6.46. The maximum atomic E-state index is 13.6. The van der Waals surface area contributed by atoms with E-state index in [1.807, 2.05) is 4.90 Å². The number of ketones is 1. The Kier molecular flexibility index (Phi) is 7.78. The van der Waals surface area contributed by atoms with Crippen LogP contribution >= 0.6 is 0 Å². The Hall–Kier alpha value is -3.27. The zero-order valence-corrected chi connectivity index (χ0v) is 21.7. The van der Waals surface area contributed by atoms with Crippen LogP contribution in [0.25, 0.3) is 0 Å². The summed E-state index contributed by atoms with van der Waals surface area (Å²) in [5.74, 6) is -1.20. The van der Waals surface area contributed by atoms with E-state index in [0.29, 0.717) is 62.9 Å². The van der Waals surface area contributed by atoms with Gasteiger partial charge in [0.1, 0.15) is 18.7 Å². The second kappa shape index (κ2) is 11.2. The third-order valence-corrected chi connectivity index (χ3v) is 8.44. The highest BCUT2D eigenvalue weighted by Crippen LogP contribution is 2.28. The van der Waals surface area contributed by atoms with Crippen molar-refractivity contribution in [3.63, 3.8) is 0 Å². The minimum absolute atomic E-state index is 0.0129. The maximum Gasteiger partial charge on any atom is 0.254 e. The third-order valence-electron chi connectivity index (χ3n) is 8.44. The molecule has 0 aliphatic carbocycles. The van der Waals surface area contributed by atoms with Gasteiger partial charge in [-0.15, -0.1) is 0 Å². The molecule has 4 heterocycles. The molecule has 3 atom stereocenters. The summed E-state index contributed by atoms with van der Waals surface area (Å²) in [7, 11) is 0. The van der Waals surface area contributed by atoms with Crippen LogP contribution < -0.4 is 0 Å². The lowest BCUT2D eigenvalue weighted by atomic mass is 10.1. The van der Waals surface area contributed by atoms with Gasteiger partial charge in [0.2, 0.25) is 11.8 Å². The van der Waals surface area contributed by atoms with E-state index in [-0.39, 0.29) is 29.4 Å². The minimum atomic E-state index is -0.671. The van der Waals surface area contributed by atoms with Gasteiger partial charge < -0.3 is 24.7 Å². The first kappa shape index (κ1) is 26.3. The summed E-state index contributed by atoms with van der Waals surface area (Å²) >= 11 is 0. The van der Waals surface area contributed by atoms with E-state index in [9.17, 15) is 29.1 Å². The quantitative estimate of drug-likeness (QED) is 0.595. The minimum Gasteiger partial charge on any atom is -0.389 e. The summed E-state index contributed by atoms with van der Waals surface area (Å²) in [6.07, 6.45) is 5.78. The van der Waals surface area contributed by atoms with Crippen molar-refractivity contribution in [1.29, 1.82) is 0 Å². The molecule has 0 radical (unpaired) electrons. The summed E-state index contributed by atoms with van der Waals surface area (Å²) in [5, 5.41) is 9.30. The Morgan fingerprint density at radius 3 is 1.71 bits per heavy atom. The Balaban J connectivity index is 1.30. The van der Waals surface area contributed by atoms with Crippen molar-refractivity contribution in [1.82, 2.24) is 19.6 Å². The summed E-state index contributed by atoms with van der Waals surface area (Å²) in [5.41, 5.74) is 0.675. The normalized spacial score (nSPS) is 25.3. The van der Waals surface area contributed by atoms with E-state index in [0.717, 1.165) is 32.4 Å². The molecule has 38 heavy (non-hydrogen) atoms. The van der Waals surface area contributed by atoms with Crippen LogP contribution in [0, 0.1) is 0 Å². The summed E-state index contributed by atoms with van der Waals surface area (Å²) in [6, 6.07) is 4.76. The molecule has 4 amide bonds. The fourth-order valence-electron chi connectivity index (χ4n) is 6.46. The number of likely N-dealkylation sites (tertiary alicyclic amines) is 4. The standard InChI is InChI=1S/C28H36N4O6/c33-18-24(34)21-9-4-14-30(21)28(38)23-11-6-16-32(23)26(36)20-8-3-7-19(17-20)25(35)31-15-5-10-22(31)27(37)29-12-1-2-13-29/h3,7-8,17,21-23,33H,1-2,4-6,9-16,18H2/t21-,22?,23-/m0/s1. The number of hydrogen-bond acceptors (Lipinski definition) is 6. The van der Waals surface area contributed by atoms with Gasteiger partial charge in [0.15, 0.2) is 5.78 Å². The molecule has 0 aromatic heterocycles. The predicted molar refractivity (Wildman–Crippen MR) is 137 cm³/mol. The number of nitrogens with zero attached hydrogens (tertiary/aromatic N) is 4. The van der Waals surface area contributed by atoms with Crippen molar-refractivity contribution in [3.05, 3.63) is 35.4 Å². The first-order valence-corrected chi connectivity index (χ1v) is 13.9. The van der Waals surface area contributed by atoms with Crippen LogP contribution in [0.3, 0.4) is 0 Å². The number of Topliss-reactive ketones (excluding diaryl/α,β-unsaturated/α-hetero) is 1. The Labute approximate surface area is 222 Å². The number of carbonyl (C=O) groups is 5. The molecule has 1 aromatic rings. The average Bonchev–Trinajstić information content (AvgIpc) is 3.77. The van der Waals surface area contributed by atoms with Crippen LogP contribution in [0.2, 0.25) is 0 Å². The first-order chi connectivity index (χ1) is 18.4. The van der Waals surface area contributed by atoms with Crippen LogP contribution in [0.15, 0.2) is 24.3 Å². The van der Waals surface area contributed by atoms with Crippen molar-refractivity contribution < 1.29 is 29.1 Å². The van der Waals surface area contributed by atoms with Gasteiger partial charge in [-0.2, -0.15) is 0 Å². The Morgan fingerprint density at radius 2 is 1.16 bits per heavy atom. The van der Waals surface area contributed by atoms with E-state index in [2.05, 4.69) is 0 Å². The van der Waals surface area contributed by atoms with Gasteiger partial charge in [-0.1, -0.05) is 6.07 Å². The number of hydrogen-bond donors (Lipinski definition) is 1. The Morgan fingerprint density at radius 1 is 0.658 bits per heavy atom. The van der Waals surface area contributed by atoms with E-state index in [1.54, 1.807) is 34.1 Å². The van der Waals surface area contributed by atoms with Gasteiger partial charge in [0.25, 0.3) is 11.8 Å². The van der Waals surface area contributed by atoms with Crippen LogP contribution in [0.4, 0.5) is 0 Å². The molecule has 4 fully saturated rings. The zero-order chi connectivity index (χ0) is 26.8. The summed E-state index contributed by atoms with van der Waals surface area (Å²) < 4.78 is 0. The molecule has 0 bridgehead atoms. The molecular weight excluding hydrogens is 488 g/mol. The molecule has 10 nitrogen and oxygen atoms in total. The smallest absolute Gasteiger partial charge is 0.254 e. The van der Waals surface area contributed by atoms with Gasteiger partial charge in [-0.05, 0) is 69.6 Å². The molecule has 5 rings (SSSR count). The highest BCUT2D eigenvalue weighted by Gasteiger charge is 2.42. The maximum absolute atomic E-state index is 13.6. The van der Waals surface area contributed by atoms with Crippen molar-refractivity contribution in [2.24, 2.45) is 0 Å². The first-order valence-electron chi connectivity index (χ1n) is 13.9. The largest absolute Gasteiger partial charge is 0.389 e. The highest BCUT2D eigenvalue weighted by molar-refractivity contribution is 6.03. The van der Waals surface area contributed by atoms with Crippen LogP contribution in [-0.2, 0) is 14.4 Å². The number of carbonyl (C=O) groups excluding carboxylic acids is 5. The zero-order valence-electron chi connectivity index (χ0n) is 21.7.